The van der Waals surface area contributed by atoms with E-state index in [-0.39, 0.29) is 0 Å². The van der Waals surface area contributed by atoms with Crippen molar-refractivity contribution in [3.8, 4) is 0 Å². The fourth-order valence-electron chi connectivity index (χ4n) is 9.85. The third-order valence-corrected chi connectivity index (χ3v) is 13.0. The van der Waals surface area contributed by atoms with Crippen molar-refractivity contribution in [1.82, 2.24) is 0 Å². The fraction of sp³-hybridized carbons (Fsp3) is 0.867. The highest BCUT2D eigenvalue weighted by molar-refractivity contribution is 6.17. The maximum absolute atomic E-state index is 6.79. The largest absolute Gasteiger partial charge is 0.122 e. The van der Waals surface area contributed by atoms with Crippen LogP contribution < -0.4 is 0 Å². The van der Waals surface area contributed by atoms with Crippen LogP contribution in [0.15, 0.2) is 12.1 Å². The van der Waals surface area contributed by atoms with Gasteiger partial charge in [-0.1, -0.05) is 170 Å². The zero-order chi connectivity index (χ0) is 33.3. The van der Waals surface area contributed by atoms with Crippen LogP contribution in [0.5, 0.6) is 0 Å². The van der Waals surface area contributed by atoms with Gasteiger partial charge in [0.25, 0.3) is 0 Å². The van der Waals surface area contributed by atoms with Crippen LogP contribution in [0.4, 0.5) is 0 Å². The summed E-state index contributed by atoms with van der Waals surface area (Å²) in [6, 6.07) is 5.07. The predicted octanol–water partition coefficient (Wildman–Crippen LogP) is 15.6. The van der Waals surface area contributed by atoms with E-state index in [0.29, 0.717) is 11.8 Å². The second-order valence-electron chi connectivity index (χ2n) is 17.3. The molecule has 0 aliphatic heterocycles. The molecule has 0 saturated heterocycles. The average molecular weight is 656 g/mol. The molecule has 266 valence electrons. The number of halogens is 1. The molecular weight excluding hydrogens is 576 g/mol. The Morgan fingerprint density at radius 3 is 1.48 bits per heavy atom. The summed E-state index contributed by atoms with van der Waals surface area (Å²) in [6.45, 7) is 17.4. The van der Waals surface area contributed by atoms with E-state index < -0.39 is 0 Å². The normalized spacial score (nSPS) is 25.5. The van der Waals surface area contributed by atoms with Gasteiger partial charge in [0.05, 0.1) is 0 Å². The molecule has 2 saturated carbocycles. The standard InChI is InChI=1S/C45H79Cl/c1-8-9-10-11-12-13-14-15-16-17-18-19-20-21-22-23-24-41-38(33-46)27-30-42(43-31-36(6)25-28-39(43)34(2)3)45(41)44-32-37(7)26-29-40(44)35(4)5/h27,30,34-37,39-40,43-44H,8-26,28-29,31-33H2,1-7H3. The SMILES string of the molecule is CCCCCCCCCCCCCCCCCCc1c(CCl)ccc(C2CC(C)CCC2C(C)C)c1C1CC(C)CCC1C(C)C. The van der Waals surface area contributed by atoms with Gasteiger partial charge in [0, 0.05) is 5.88 Å². The smallest absolute Gasteiger partial charge is 0.0476 e. The van der Waals surface area contributed by atoms with E-state index in [1.165, 1.54) is 153 Å². The summed E-state index contributed by atoms with van der Waals surface area (Å²) in [6.07, 6.45) is 32.6. The lowest BCUT2D eigenvalue weighted by atomic mass is 9.61. The minimum absolute atomic E-state index is 0.671. The lowest BCUT2D eigenvalue weighted by Gasteiger charge is -2.44. The van der Waals surface area contributed by atoms with Crippen molar-refractivity contribution >= 4 is 11.6 Å². The molecule has 3 rings (SSSR count). The number of benzene rings is 1. The molecule has 0 spiro atoms. The Balaban J connectivity index is 1.62. The minimum Gasteiger partial charge on any atom is -0.122 e. The molecule has 2 aliphatic carbocycles. The van der Waals surface area contributed by atoms with Crippen LogP contribution in [-0.2, 0) is 12.3 Å². The first-order chi connectivity index (χ1) is 22.3. The van der Waals surface area contributed by atoms with E-state index >= 15 is 0 Å². The van der Waals surface area contributed by atoms with Crippen LogP contribution in [0.3, 0.4) is 0 Å². The molecule has 1 aromatic rings. The lowest BCUT2D eigenvalue weighted by molar-refractivity contribution is 0.182. The fourth-order valence-corrected chi connectivity index (χ4v) is 10.1. The first kappa shape index (κ1) is 39.9. The molecule has 0 amide bonds. The van der Waals surface area contributed by atoms with Gasteiger partial charge in [-0.15, -0.1) is 11.6 Å². The number of alkyl halides is 1. The highest BCUT2D eigenvalue weighted by Crippen LogP contribution is 2.52. The molecule has 2 aliphatic rings. The second kappa shape index (κ2) is 22.3. The zero-order valence-electron chi connectivity index (χ0n) is 32.1. The molecule has 6 unspecified atom stereocenters. The van der Waals surface area contributed by atoms with Crippen LogP contribution in [0, 0.1) is 35.5 Å². The summed E-state index contributed by atoms with van der Waals surface area (Å²) in [7, 11) is 0. The summed E-state index contributed by atoms with van der Waals surface area (Å²) in [5.41, 5.74) is 6.72. The van der Waals surface area contributed by atoms with Crippen molar-refractivity contribution in [2.24, 2.45) is 35.5 Å². The monoisotopic (exact) mass is 655 g/mol. The van der Waals surface area contributed by atoms with E-state index in [1.807, 2.05) is 5.56 Å². The molecule has 0 bridgehead atoms. The molecule has 1 aromatic carbocycles. The van der Waals surface area contributed by atoms with E-state index in [9.17, 15) is 0 Å². The Kier molecular flexibility index (Phi) is 19.3. The lowest BCUT2D eigenvalue weighted by Crippen LogP contribution is -2.31. The van der Waals surface area contributed by atoms with E-state index in [0.717, 1.165) is 41.4 Å². The number of unbranched alkanes of at least 4 members (excludes halogenated alkanes) is 15. The first-order valence-electron chi connectivity index (χ1n) is 21.0. The van der Waals surface area contributed by atoms with E-state index in [2.05, 4.69) is 60.6 Å². The van der Waals surface area contributed by atoms with Gasteiger partial charge in [0.2, 0.25) is 0 Å². The third-order valence-electron chi connectivity index (χ3n) is 12.7. The number of hydrogen-bond donors (Lipinski definition) is 0. The number of hydrogen-bond acceptors (Lipinski definition) is 0. The van der Waals surface area contributed by atoms with Crippen LogP contribution in [0.2, 0.25) is 0 Å². The van der Waals surface area contributed by atoms with Gasteiger partial charge in [-0.25, -0.2) is 0 Å². The van der Waals surface area contributed by atoms with Crippen LogP contribution in [0.25, 0.3) is 0 Å². The number of rotatable bonds is 22. The summed E-state index contributed by atoms with van der Waals surface area (Å²) >= 11 is 6.79. The molecule has 0 heterocycles. The Morgan fingerprint density at radius 2 is 1.02 bits per heavy atom. The van der Waals surface area contributed by atoms with Gasteiger partial charge in [-0.05, 0) is 108 Å². The zero-order valence-corrected chi connectivity index (χ0v) is 32.9. The predicted molar refractivity (Wildman–Crippen MR) is 207 cm³/mol. The molecule has 46 heavy (non-hydrogen) atoms. The maximum atomic E-state index is 6.79. The Hall–Kier alpha value is -0.490. The van der Waals surface area contributed by atoms with Crippen molar-refractivity contribution in [2.75, 3.05) is 0 Å². The van der Waals surface area contributed by atoms with Crippen molar-refractivity contribution in [2.45, 2.75) is 214 Å². The van der Waals surface area contributed by atoms with Gasteiger partial charge in [0.15, 0.2) is 0 Å². The molecule has 0 N–H and O–H groups in total. The van der Waals surface area contributed by atoms with Crippen molar-refractivity contribution < 1.29 is 0 Å². The average Bonchev–Trinajstić information content (AvgIpc) is 3.03. The molecular formula is C45H79Cl. The van der Waals surface area contributed by atoms with E-state index in [4.69, 9.17) is 11.6 Å². The van der Waals surface area contributed by atoms with Crippen LogP contribution in [-0.4, -0.2) is 0 Å². The van der Waals surface area contributed by atoms with Crippen molar-refractivity contribution in [3.63, 3.8) is 0 Å². The van der Waals surface area contributed by atoms with Crippen molar-refractivity contribution in [3.05, 3.63) is 34.4 Å². The summed E-state index contributed by atoms with van der Waals surface area (Å²) in [5.74, 6) is 6.92. The molecule has 0 aromatic heterocycles. The topological polar surface area (TPSA) is 0 Å². The highest BCUT2D eigenvalue weighted by atomic mass is 35.5. The summed E-state index contributed by atoms with van der Waals surface area (Å²) < 4.78 is 0. The summed E-state index contributed by atoms with van der Waals surface area (Å²) in [5, 5.41) is 0. The Labute approximate surface area is 294 Å². The Bertz CT molecular complexity index is 929. The van der Waals surface area contributed by atoms with Crippen LogP contribution >= 0.6 is 11.6 Å². The van der Waals surface area contributed by atoms with Crippen molar-refractivity contribution in [1.29, 1.82) is 0 Å². The molecule has 0 nitrogen and oxygen atoms in total. The van der Waals surface area contributed by atoms with Gasteiger partial charge in [-0.2, -0.15) is 0 Å². The van der Waals surface area contributed by atoms with Gasteiger partial charge in [0.1, 0.15) is 0 Å². The molecule has 0 radical (unpaired) electrons. The summed E-state index contributed by atoms with van der Waals surface area (Å²) in [4.78, 5) is 0. The molecule has 6 atom stereocenters. The maximum Gasteiger partial charge on any atom is 0.0476 e. The second-order valence-corrected chi connectivity index (χ2v) is 17.5. The quantitative estimate of drug-likeness (QED) is 0.0862. The van der Waals surface area contributed by atoms with Gasteiger partial charge < -0.3 is 0 Å². The highest BCUT2D eigenvalue weighted by Gasteiger charge is 2.39. The van der Waals surface area contributed by atoms with Crippen LogP contribution in [0.1, 0.15) is 224 Å². The van der Waals surface area contributed by atoms with Gasteiger partial charge in [-0.3, -0.25) is 0 Å². The minimum atomic E-state index is 0.671. The van der Waals surface area contributed by atoms with E-state index in [1.54, 1.807) is 11.1 Å². The molecule has 2 fully saturated rings. The third kappa shape index (κ3) is 12.8. The molecule has 1 heteroatoms. The Morgan fingerprint density at radius 1 is 0.587 bits per heavy atom. The van der Waals surface area contributed by atoms with Gasteiger partial charge >= 0.3 is 0 Å². The first-order valence-corrected chi connectivity index (χ1v) is 21.5.